The minimum absolute atomic E-state index is 0.0745. The topological polar surface area (TPSA) is 84.4 Å². The van der Waals surface area contributed by atoms with Crippen molar-refractivity contribution in [2.45, 2.75) is 31.5 Å². The fourth-order valence-corrected chi connectivity index (χ4v) is 3.85. The van der Waals surface area contributed by atoms with Crippen molar-refractivity contribution in [1.82, 2.24) is 15.7 Å². The number of benzene rings is 2. The van der Waals surface area contributed by atoms with Crippen LogP contribution in [0.3, 0.4) is 0 Å². The molecule has 1 amide bonds. The van der Waals surface area contributed by atoms with Gasteiger partial charge in [0.1, 0.15) is 11.5 Å². The number of nitrogens with one attached hydrogen (secondary N) is 2. The zero-order chi connectivity index (χ0) is 24.2. The number of likely N-dealkylation sites (tertiary alicyclic amines) is 1. The normalized spacial score (nSPS) is 17.7. The lowest BCUT2D eigenvalue weighted by Crippen LogP contribution is -2.47. The van der Waals surface area contributed by atoms with Gasteiger partial charge in [-0.2, -0.15) is 0 Å². The lowest BCUT2D eigenvalue weighted by Gasteiger charge is -2.35. The van der Waals surface area contributed by atoms with Crippen LogP contribution in [0.5, 0.6) is 11.5 Å². The lowest BCUT2D eigenvalue weighted by molar-refractivity contribution is -0.274. The molecule has 1 spiro atoms. The van der Waals surface area contributed by atoms with Crippen LogP contribution in [0.4, 0.5) is 13.2 Å². The second kappa shape index (κ2) is 9.90. The summed E-state index contributed by atoms with van der Waals surface area (Å²) in [5.41, 5.74) is 3.57. The van der Waals surface area contributed by atoms with Gasteiger partial charge in [0.2, 0.25) is 5.91 Å². The smallest absolute Gasteiger partial charge is 0.497 e. The van der Waals surface area contributed by atoms with Crippen LogP contribution < -0.4 is 20.3 Å². The van der Waals surface area contributed by atoms with E-state index in [0.717, 1.165) is 11.3 Å². The Bertz CT molecular complexity index is 1040. The maximum atomic E-state index is 12.4. The van der Waals surface area contributed by atoms with E-state index in [1.807, 2.05) is 29.2 Å². The minimum Gasteiger partial charge on any atom is -0.497 e. The van der Waals surface area contributed by atoms with Gasteiger partial charge in [-0.3, -0.25) is 9.69 Å². The van der Waals surface area contributed by atoms with Crippen molar-refractivity contribution in [2.24, 2.45) is 4.99 Å². The summed E-state index contributed by atoms with van der Waals surface area (Å²) in [5.74, 6) is 0.810. The molecule has 0 bridgehead atoms. The molecule has 2 aliphatic rings. The van der Waals surface area contributed by atoms with Gasteiger partial charge >= 0.3 is 6.36 Å². The third-order valence-corrected chi connectivity index (χ3v) is 5.64. The molecule has 0 atom stereocenters. The number of rotatable bonds is 7. The molecule has 0 saturated carbocycles. The number of aliphatic imine (C=N–C) groups is 1. The number of methoxy groups -OCH3 is 1. The van der Waals surface area contributed by atoms with E-state index in [-0.39, 0.29) is 18.2 Å². The van der Waals surface area contributed by atoms with Gasteiger partial charge in [0.05, 0.1) is 13.7 Å². The van der Waals surface area contributed by atoms with Gasteiger partial charge in [0.25, 0.3) is 0 Å². The second-order valence-electron chi connectivity index (χ2n) is 8.09. The number of piperidine rings is 1. The Morgan fingerprint density at radius 3 is 2.59 bits per heavy atom. The molecule has 34 heavy (non-hydrogen) atoms. The first kappa shape index (κ1) is 23.8. The SMILES string of the molecule is COc1cccc(CNC(=O)CN2CCC3(CC2)N=C(c2ccc(OC(F)(F)F)cc2)NO3)c1. The van der Waals surface area contributed by atoms with E-state index in [1.54, 1.807) is 7.11 Å². The number of amidine groups is 1. The molecule has 0 unspecified atom stereocenters. The van der Waals surface area contributed by atoms with Gasteiger partial charge in [0, 0.05) is 38.0 Å². The number of carbonyl (C=O) groups is 1. The first-order valence-corrected chi connectivity index (χ1v) is 10.8. The van der Waals surface area contributed by atoms with Crippen LogP contribution >= 0.6 is 0 Å². The molecule has 0 aliphatic carbocycles. The number of amides is 1. The Morgan fingerprint density at radius 2 is 1.91 bits per heavy atom. The molecule has 1 saturated heterocycles. The Kier molecular flexibility index (Phi) is 6.94. The van der Waals surface area contributed by atoms with Gasteiger partial charge in [-0.1, -0.05) is 12.1 Å². The number of halogens is 3. The molecule has 2 heterocycles. The number of nitrogens with zero attached hydrogens (tertiary/aromatic N) is 2. The van der Waals surface area contributed by atoms with E-state index < -0.39 is 12.1 Å². The molecule has 4 rings (SSSR count). The van der Waals surface area contributed by atoms with Gasteiger partial charge in [-0.15, -0.1) is 13.2 Å². The first-order valence-electron chi connectivity index (χ1n) is 10.8. The molecule has 0 radical (unpaired) electrons. The van der Waals surface area contributed by atoms with Gasteiger partial charge < -0.3 is 14.8 Å². The molecule has 8 nitrogen and oxygen atoms in total. The van der Waals surface area contributed by atoms with Gasteiger partial charge in [0.15, 0.2) is 11.6 Å². The van der Waals surface area contributed by atoms with Gasteiger partial charge in [-0.05, 0) is 42.0 Å². The highest BCUT2D eigenvalue weighted by molar-refractivity contribution is 5.99. The highest BCUT2D eigenvalue weighted by Gasteiger charge is 2.40. The van der Waals surface area contributed by atoms with Crippen LogP contribution in [0.15, 0.2) is 53.5 Å². The van der Waals surface area contributed by atoms with E-state index in [1.165, 1.54) is 24.3 Å². The maximum absolute atomic E-state index is 12.4. The van der Waals surface area contributed by atoms with Crippen molar-refractivity contribution >= 4 is 11.7 Å². The molecule has 2 N–H and O–H groups in total. The minimum atomic E-state index is -4.74. The fourth-order valence-electron chi connectivity index (χ4n) is 3.85. The van der Waals surface area contributed by atoms with Crippen LogP contribution in [-0.4, -0.2) is 55.5 Å². The van der Waals surface area contributed by atoms with Crippen molar-refractivity contribution in [3.63, 3.8) is 0 Å². The van der Waals surface area contributed by atoms with Crippen LogP contribution in [-0.2, 0) is 16.2 Å². The summed E-state index contributed by atoms with van der Waals surface area (Å²) in [5, 5.41) is 2.92. The summed E-state index contributed by atoms with van der Waals surface area (Å²) in [4.78, 5) is 24.8. The highest BCUT2D eigenvalue weighted by Crippen LogP contribution is 2.31. The van der Waals surface area contributed by atoms with Crippen LogP contribution in [0.1, 0.15) is 24.0 Å². The molecule has 2 aromatic carbocycles. The molecular formula is C23H25F3N4O4. The monoisotopic (exact) mass is 478 g/mol. The molecule has 1 fully saturated rings. The van der Waals surface area contributed by atoms with Gasteiger partial charge in [-0.25, -0.2) is 15.3 Å². The molecule has 182 valence electrons. The number of ether oxygens (including phenoxy) is 2. The van der Waals surface area contributed by atoms with E-state index in [0.29, 0.717) is 43.9 Å². The fraction of sp³-hybridized carbons (Fsp3) is 0.391. The van der Waals surface area contributed by atoms with E-state index in [4.69, 9.17) is 9.57 Å². The average Bonchev–Trinajstić information content (AvgIpc) is 3.22. The summed E-state index contributed by atoms with van der Waals surface area (Å²) >= 11 is 0. The largest absolute Gasteiger partial charge is 0.573 e. The highest BCUT2D eigenvalue weighted by atomic mass is 19.4. The number of hydrogen-bond acceptors (Lipinski definition) is 7. The third-order valence-electron chi connectivity index (χ3n) is 5.64. The van der Waals surface area contributed by atoms with Crippen molar-refractivity contribution in [2.75, 3.05) is 26.7 Å². The summed E-state index contributed by atoms with van der Waals surface area (Å²) in [6.07, 6.45) is -3.60. The number of carbonyl (C=O) groups excluding carboxylic acids is 1. The second-order valence-corrected chi connectivity index (χ2v) is 8.09. The summed E-state index contributed by atoms with van der Waals surface area (Å²) in [7, 11) is 1.60. The Hall–Kier alpha value is -3.31. The molecule has 11 heteroatoms. The Labute approximate surface area is 194 Å². The molecule has 0 aromatic heterocycles. The predicted molar refractivity (Wildman–Crippen MR) is 117 cm³/mol. The predicted octanol–water partition coefficient (Wildman–Crippen LogP) is 2.98. The Morgan fingerprint density at radius 1 is 1.18 bits per heavy atom. The lowest BCUT2D eigenvalue weighted by atomic mass is 10.0. The van der Waals surface area contributed by atoms with Crippen LogP contribution in [0.25, 0.3) is 0 Å². The average molecular weight is 478 g/mol. The van der Waals surface area contributed by atoms with E-state index >= 15 is 0 Å². The summed E-state index contributed by atoms with van der Waals surface area (Å²) in [6, 6.07) is 12.9. The summed E-state index contributed by atoms with van der Waals surface area (Å²) in [6.45, 7) is 1.92. The zero-order valence-corrected chi connectivity index (χ0v) is 18.5. The van der Waals surface area contributed by atoms with Crippen molar-refractivity contribution in [3.05, 3.63) is 59.7 Å². The van der Waals surface area contributed by atoms with Crippen LogP contribution in [0, 0.1) is 0 Å². The maximum Gasteiger partial charge on any atom is 0.573 e. The molecular weight excluding hydrogens is 453 g/mol. The number of hydroxylamine groups is 1. The van der Waals surface area contributed by atoms with Crippen molar-refractivity contribution in [3.8, 4) is 11.5 Å². The van der Waals surface area contributed by atoms with Crippen molar-refractivity contribution in [1.29, 1.82) is 0 Å². The Balaban J connectivity index is 1.26. The standard InChI is InChI=1S/C23H25F3N4O4/c1-32-19-4-2-3-16(13-19)14-27-20(31)15-30-11-9-22(10-12-30)28-21(29-34-22)17-5-7-18(8-6-17)33-23(24,25)26/h2-8,13H,9-12,14-15H2,1H3,(H,27,31)(H,28,29). The zero-order valence-electron chi connectivity index (χ0n) is 18.5. The molecule has 2 aliphatic heterocycles. The van der Waals surface area contributed by atoms with Crippen LogP contribution in [0.2, 0.25) is 0 Å². The number of hydrogen-bond donors (Lipinski definition) is 2. The van der Waals surface area contributed by atoms with E-state index in [2.05, 4.69) is 20.5 Å². The third kappa shape index (κ3) is 6.17. The first-order chi connectivity index (χ1) is 16.2. The molecule has 2 aromatic rings. The summed E-state index contributed by atoms with van der Waals surface area (Å²) < 4.78 is 46.1. The number of alkyl halides is 3. The van der Waals surface area contributed by atoms with Crippen molar-refractivity contribution < 1.29 is 32.3 Å². The van der Waals surface area contributed by atoms with E-state index in [9.17, 15) is 18.0 Å². The quantitative estimate of drug-likeness (QED) is 0.637.